The van der Waals surface area contributed by atoms with Crippen LogP contribution in [0.3, 0.4) is 0 Å². The Hall–Kier alpha value is -1.59. The van der Waals surface area contributed by atoms with Crippen molar-refractivity contribution in [2.45, 2.75) is 33.2 Å². The van der Waals surface area contributed by atoms with Gasteiger partial charge in [0, 0.05) is 12.1 Å². The lowest BCUT2D eigenvalue weighted by Gasteiger charge is -2.16. The third-order valence-electron chi connectivity index (χ3n) is 2.85. The maximum Gasteiger partial charge on any atom is 0.241 e. The molecule has 0 fully saturated rings. The first-order valence-electron chi connectivity index (χ1n) is 6.51. The summed E-state index contributed by atoms with van der Waals surface area (Å²) in [5.41, 5.74) is 6.78. The molecular weight excluding hydrogens is 278 g/mol. The maximum absolute atomic E-state index is 11.9. The first-order valence-corrected chi connectivity index (χ1v) is 6.88. The number of halogens is 1. The van der Waals surface area contributed by atoms with Gasteiger partial charge in [-0.1, -0.05) is 32.4 Å². The fourth-order valence-corrected chi connectivity index (χ4v) is 1.63. The van der Waals surface area contributed by atoms with Crippen molar-refractivity contribution in [3.63, 3.8) is 0 Å². The monoisotopic (exact) mass is 297 g/mol. The Balaban J connectivity index is 2.86. The molecule has 0 heterocycles. The van der Waals surface area contributed by atoms with Crippen LogP contribution in [0.5, 0.6) is 0 Å². The normalized spacial score (nSPS) is 12.1. The SMILES string of the molecule is CCC(=O)Nc1ccc(Cl)c(NC(=O)[C@H](N)C(C)C)c1. The number of benzene rings is 1. The number of rotatable bonds is 5. The van der Waals surface area contributed by atoms with E-state index < -0.39 is 6.04 Å². The third kappa shape index (κ3) is 4.51. The molecule has 0 aliphatic heterocycles. The summed E-state index contributed by atoms with van der Waals surface area (Å²) in [5, 5.41) is 5.77. The zero-order valence-corrected chi connectivity index (χ0v) is 12.6. The molecule has 0 aliphatic rings. The molecule has 0 aliphatic carbocycles. The van der Waals surface area contributed by atoms with Crippen molar-refractivity contribution >= 4 is 34.8 Å². The fourth-order valence-electron chi connectivity index (χ4n) is 1.47. The number of nitrogens with two attached hydrogens (primary N) is 1. The van der Waals surface area contributed by atoms with Crippen LogP contribution >= 0.6 is 11.6 Å². The average molecular weight is 298 g/mol. The fraction of sp³-hybridized carbons (Fsp3) is 0.429. The van der Waals surface area contributed by atoms with Crippen LogP contribution in [0.1, 0.15) is 27.2 Å². The first-order chi connectivity index (χ1) is 9.35. The summed E-state index contributed by atoms with van der Waals surface area (Å²) in [6, 6.07) is 4.29. The van der Waals surface area contributed by atoms with Gasteiger partial charge in [0.1, 0.15) is 0 Å². The van der Waals surface area contributed by atoms with Crippen LogP contribution in [0.15, 0.2) is 18.2 Å². The van der Waals surface area contributed by atoms with Gasteiger partial charge in [0.15, 0.2) is 0 Å². The Morgan fingerprint density at radius 2 is 1.95 bits per heavy atom. The van der Waals surface area contributed by atoms with Gasteiger partial charge in [-0.3, -0.25) is 9.59 Å². The van der Waals surface area contributed by atoms with Crippen molar-refractivity contribution < 1.29 is 9.59 Å². The number of amides is 2. The minimum atomic E-state index is -0.611. The second kappa shape index (κ2) is 7.26. The van der Waals surface area contributed by atoms with Crippen LogP contribution in [-0.2, 0) is 9.59 Å². The van der Waals surface area contributed by atoms with E-state index in [1.165, 1.54) is 0 Å². The minimum absolute atomic E-state index is 0.0248. The minimum Gasteiger partial charge on any atom is -0.326 e. The number of hydrogen-bond acceptors (Lipinski definition) is 3. The average Bonchev–Trinajstić information content (AvgIpc) is 2.41. The predicted molar refractivity (Wildman–Crippen MR) is 81.8 cm³/mol. The molecule has 20 heavy (non-hydrogen) atoms. The van der Waals surface area contributed by atoms with Crippen LogP contribution in [0, 0.1) is 5.92 Å². The van der Waals surface area contributed by atoms with E-state index >= 15 is 0 Å². The molecule has 0 saturated carbocycles. The molecule has 1 aromatic carbocycles. The zero-order valence-electron chi connectivity index (χ0n) is 11.9. The van der Waals surface area contributed by atoms with Gasteiger partial charge in [-0.05, 0) is 24.1 Å². The van der Waals surface area contributed by atoms with E-state index in [4.69, 9.17) is 17.3 Å². The molecule has 5 nitrogen and oxygen atoms in total. The van der Waals surface area contributed by atoms with Gasteiger partial charge in [0.25, 0.3) is 0 Å². The van der Waals surface area contributed by atoms with Gasteiger partial charge in [-0.2, -0.15) is 0 Å². The standard InChI is InChI=1S/C14H20ClN3O2/c1-4-12(19)17-9-5-6-10(15)11(7-9)18-14(20)13(16)8(2)3/h5-8,13H,4,16H2,1-3H3,(H,17,19)(H,18,20)/t13-/m1/s1. The number of nitrogens with one attached hydrogen (secondary N) is 2. The molecule has 0 saturated heterocycles. The number of hydrogen-bond donors (Lipinski definition) is 3. The van der Waals surface area contributed by atoms with Gasteiger partial charge in [0.2, 0.25) is 11.8 Å². The van der Waals surface area contributed by atoms with E-state index in [9.17, 15) is 9.59 Å². The smallest absolute Gasteiger partial charge is 0.241 e. The largest absolute Gasteiger partial charge is 0.326 e. The molecule has 0 radical (unpaired) electrons. The lowest BCUT2D eigenvalue weighted by atomic mass is 10.0. The number of anilines is 2. The van der Waals surface area contributed by atoms with E-state index in [-0.39, 0.29) is 17.7 Å². The van der Waals surface area contributed by atoms with Crippen molar-refractivity contribution in [3.05, 3.63) is 23.2 Å². The molecule has 6 heteroatoms. The van der Waals surface area contributed by atoms with Gasteiger partial charge in [0.05, 0.1) is 16.8 Å². The van der Waals surface area contributed by atoms with Gasteiger partial charge in [-0.25, -0.2) is 0 Å². The molecule has 1 aromatic rings. The molecule has 0 spiro atoms. The zero-order chi connectivity index (χ0) is 15.3. The molecule has 110 valence electrons. The van der Waals surface area contributed by atoms with Gasteiger partial charge in [-0.15, -0.1) is 0 Å². The second-order valence-corrected chi connectivity index (χ2v) is 5.26. The summed E-state index contributed by atoms with van der Waals surface area (Å²) in [6.07, 6.45) is 0.378. The van der Waals surface area contributed by atoms with Crippen molar-refractivity contribution in [2.24, 2.45) is 11.7 Å². The Labute approximate surface area is 123 Å². The third-order valence-corrected chi connectivity index (χ3v) is 3.18. The predicted octanol–water partition coefficient (Wildman–Crippen LogP) is 2.61. The van der Waals surface area contributed by atoms with Crippen molar-refractivity contribution in [1.29, 1.82) is 0 Å². The van der Waals surface area contributed by atoms with Crippen LogP contribution in [-0.4, -0.2) is 17.9 Å². The molecule has 0 aromatic heterocycles. The molecular formula is C14H20ClN3O2. The summed E-state index contributed by atoms with van der Waals surface area (Å²) >= 11 is 6.03. The van der Waals surface area contributed by atoms with Crippen molar-refractivity contribution in [2.75, 3.05) is 10.6 Å². The van der Waals surface area contributed by atoms with Crippen molar-refractivity contribution in [3.8, 4) is 0 Å². The summed E-state index contributed by atoms with van der Waals surface area (Å²) in [6.45, 7) is 5.49. The summed E-state index contributed by atoms with van der Waals surface area (Å²) in [7, 11) is 0. The maximum atomic E-state index is 11.9. The molecule has 1 rings (SSSR count). The quantitative estimate of drug-likeness (QED) is 0.781. The van der Waals surface area contributed by atoms with E-state index in [0.29, 0.717) is 22.8 Å². The lowest BCUT2D eigenvalue weighted by Crippen LogP contribution is -2.39. The Bertz CT molecular complexity index is 503. The molecule has 0 unspecified atom stereocenters. The van der Waals surface area contributed by atoms with Crippen LogP contribution in [0.2, 0.25) is 5.02 Å². The molecule has 1 atom stereocenters. The number of carbonyl (C=O) groups is 2. The van der Waals surface area contributed by atoms with E-state index in [0.717, 1.165) is 0 Å². The summed E-state index contributed by atoms with van der Waals surface area (Å²) in [5.74, 6) is -0.388. The van der Waals surface area contributed by atoms with E-state index in [1.807, 2.05) is 13.8 Å². The summed E-state index contributed by atoms with van der Waals surface area (Å²) < 4.78 is 0. The molecule has 0 bridgehead atoms. The van der Waals surface area contributed by atoms with Crippen molar-refractivity contribution in [1.82, 2.24) is 0 Å². The van der Waals surface area contributed by atoms with Crippen LogP contribution in [0.25, 0.3) is 0 Å². The highest BCUT2D eigenvalue weighted by molar-refractivity contribution is 6.34. The highest BCUT2D eigenvalue weighted by atomic mass is 35.5. The molecule has 4 N–H and O–H groups in total. The number of carbonyl (C=O) groups excluding carboxylic acids is 2. The Morgan fingerprint density at radius 3 is 2.50 bits per heavy atom. The first kappa shape index (κ1) is 16.5. The lowest BCUT2D eigenvalue weighted by molar-refractivity contribution is -0.118. The highest BCUT2D eigenvalue weighted by Crippen LogP contribution is 2.26. The summed E-state index contributed by atoms with van der Waals surface area (Å²) in [4.78, 5) is 23.3. The second-order valence-electron chi connectivity index (χ2n) is 4.86. The van der Waals surface area contributed by atoms with Gasteiger partial charge < -0.3 is 16.4 Å². The molecule has 2 amide bonds. The topological polar surface area (TPSA) is 84.2 Å². The van der Waals surface area contributed by atoms with Gasteiger partial charge >= 0.3 is 0 Å². The Morgan fingerprint density at radius 1 is 1.30 bits per heavy atom. The highest BCUT2D eigenvalue weighted by Gasteiger charge is 2.18. The van der Waals surface area contributed by atoms with E-state index in [1.54, 1.807) is 25.1 Å². The van der Waals surface area contributed by atoms with E-state index in [2.05, 4.69) is 10.6 Å². The van der Waals surface area contributed by atoms with Crippen LogP contribution in [0.4, 0.5) is 11.4 Å². The van der Waals surface area contributed by atoms with Crippen LogP contribution < -0.4 is 16.4 Å². The Kier molecular flexibility index (Phi) is 5.98.